The Kier molecular flexibility index (Phi) is 5.38. The number of nitriles is 1. The van der Waals surface area contributed by atoms with E-state index in [-0.39, 0.29) is 24.3 Å². The maximum Gasteiger partial charge on any atom is 0.414 e. The summed E-state index contributed by atoms with van der Waals surface area (Å²) < 4.78 is 22.1. The number of likely N-dealkylation sites (tertiary alicyclic amines) is 1. The third kappa shape index (κ3) is 3.70. The molecule has 12 heteroatoms. The van der Waals surface area contributed by atoms with E-state index in [0.717, 1.165) is 0 Å². The molecule has 11 nitrogen and oxygen atoms in total. The van der Waals surface area contributed by atoms with Gasteiger partial charge in [-0.3, -0.25) is 14.7 Å². The summed E-state index contributed by atoms with van der Waals surface area (Å²) in [5, 5.41) is 26.6. The van der Waals surface area contributed by atoms with E-state index in [0.29, 0.717) is 42.1 Å². The quantitative estimate of drug-likeness (QED) is 0.532. The average molecular weight is 503 g/mol. The second-order valence-electron chi connectivity index (χ2n) is 9.49. The molecule has 1 aromatic carbocycles. The lowest BCUT2D eigenvalue weighted by molar-refractivity contribution is -0.133. The van der Waals surface area contributed by atoms with Crippen molar-refractivity contribution in [3.05, 3.63) is 60.4 Å². The molecule has 2 aromatic heterocycles. The number of carbonyl (C=O) groups excluding carboxylic acids is 2. The van der Waals surface area contributed by atoms with Gasteiger partial charge >= 0.3 is 6.09 Å². The number of rotatable bonds is 6. The summed E-state index contributed by atoms with van der Waals surface area (Å²) in [5.41, 5.74) is 1.06. The highest BCUT2D eigenvalue weighted by atomic mass is 19.1. The van der Waals surface area contributed by atoms with Crippen molar-refractivity contribution in [2.75, 3.05) is 31.1 Å². The fraction of sp³-hybridized carbons (Fsp3) is 0.360. The summed E-state index contributed by atoms with van der Waals surface area (Å²) in [7, 11) is 0. The Morgan fingerprint density at radius 3 is 2.68 bits per heavy atom. The number of ether oxygens (including phenoxy) is 1. The van der Waals surface area contributed by atoms with Gasteiger partial charge in [0.15, 0.2) is 0 Å². The van der Waals surface area contributed by atoms with Gasteiger partial charge in [-0.2, -0.15) is 5.26 Å². The number of benzene rings is 1. The Morgan fingerprint density at radius 2 is 2.05 bits per heavy atom. The van der Waals surface area contributed by atoms with Crippen molar-refractivity contribution in [2.45, 2.75) is 18.1 Å². The molecule has 1 N–H and O–H groups in total. The van der Waals surface area contributed by atoms with Crippen LogP contribution in [-0.4, -0.2) is 74.3 Å². The molecule has 0 bridgehead atoms. The zero-order chi connectivity index (χ0) is 25.7. The molecule has 2 aliphatic heterocycles. The van der Waals surface area contributed by atoms with Crippen molar-refractivity contribution >= 4 is 17.7 Å². The lowest BCUT2D eigenvalue weighted by Crippen LogP contribution is -2.36. The van der Waals surface area contributed by atoms with Gasteiger partial charge in [-0.05, 0) is 24.3 Å². The number of anilines is 1. The Morgan fingerprint density at radius 1 is 1.24 bits per heavy atom. The summed E-state index contributed by atoms with van der Waals surface area (Å²) in [4.78, 5) is 31.6. The topological polar surface area (TPSA) is 137 Å². The number of piperidine rings is 1. The van der Waals surface area contributed by atoms with Gasteiger partial charge in [0.2, 0.25) is 5.91 Å². The number of hydrogen-bond donors (Lipinski definition) is 1. The lowest BCUT2D eigenvalue weighted by atomic mass is 9.95. The maximum absolute atomic E-state index is 15.1. The minimum absolute atomic E-state index is 0.0315. The van der Waals surface area contributed by atoms with Crippen LogP contribution in [0, 0.1) is 29.0 Å². The molecule has 2 unspecified atom stereocenters. The number of carbonyl (C=O) groups is 2. The molecular weight excluding hydrogens is 481 g/mol. The van der Waals surface area contributed by atoms with E-state index >= 15 is 4.39 Å². The van der Waals surface area contributed by atoms with Crippen LogP contribution in [-0.2, 0) is 21.5 Å². The smallest absolute Gasteiger partial charge is 0.414 e. The summed E-state index contributed by atoms with van der Waals surface area (Å²) in [6, 6.07) is 10.4. The normalized spacial score (nSPS) is 26.1. The number of aromatic nitrogens is 4. The van der Waals surface area contributed by atoms with Gasteiger partial charge in [-0.25, -0.2) is 13.9 Å². The highest BCUT2D eigenvalue weighted by molar-refractivity contribution is 5.90. The van der Waals surface area contributed by atoms with Crippen molar-refractivity contribution in [2.24, 2.45) is 11.8 Å². The molecule has 0 spiro atoms. The SMILES string of the molecule is N#CC1(c2ccc(-c3ccc(N4C[C@H](Cn5ccnn5)OC4=O)cc3F)cn2)C2CN(C(=O)CO)C[C@H]21. The van der Waals surface area contributed by atoms with E-state index < -0.39 is 30.0 Å². The summed E-state index contributed by atoms with van der Waals surface area (Å²) >= 11 is 0. The van der Waals surface area contributed by atoms with Crippen LogP contribution in [0.5, 0.6) is 0 Å². The minimum atomic E-state index is -0.772. The lowest BCUT2D eigenvalue weighted by Gasteiger charge is -2.22. The van der Waals surface area contributed by atoms with Crippen LogP contribution in [0.4, 0.5) is 14.9 Å². The number of nitrogens with zero attached hydrogens (tertiary/aromatic N) is 7. The predicted molar refractivity (Wildman–Crippen MR) is 125 cm³/mol. The third-order valence-electron chi connectivity index (χ3n) is 7.55. The van der Waals surface area contributed by atoms with Crippen LogP contribution >= 0.6 is 0 Å². The number of fused-ring (bicyclic) bond motifs is 1. The first kappa shape index (κ1) is 23.1. The van der Waals surface area contributed by atoms with Gasteiger partial charge in [-0.15, -0.1) is 5.10 Å². The van der Waals surface area contributed by atoms with E-state index in [1.807, 2.05) is 0 Å². The molecule has 3 aromatic rings. The van der Waals surface area contributed by atoms with E-state index in [2.05, 4.69) is 21.4 Å². The second-order valence-corrected chi connectivity index (χ2v) is 9.49. The zero-order valence-corrected chi connectivity index (χ0v) is 19.6. The summed E-state index contributed by atoms with van der Waals surface area (Å²) in [5.74, 6) is -0.919. The molecular formula is C25H22FN7O4. The fourth-order valence-corrected chi connectivity index (χ4v) is 5.61. The van der Waals surface area contributed by atoms with Crippen molar-refractivity contribution in [3.63, 3.8) is 0 Å². The molecule has 1 aliphatic carbocycles. The van der Waals surface area contributed by atoms with Crippen LogP contribution < -0.4 is 4.90 Å². The van der Waals surface area contributed by atoms with Crippen molar-refractivity contribution in [1.29, 1.82) is 5.26 Å². The number of cyclic esters (lactones) is 1. The first-order valence-corrected chi connectivity index (χ1v) is 11.8. The van der Waals surface area contributed by atoms with Crippen LogP contribution in [0.1, 0.15) is 5.69 Å². The number of pyridine rings is 1. The van der Waals surface area contributed by atoms with Crippen molar-refractivity contribution < 1.29 is 23.8 Å². The molecule has 37 heavy (non-hydrogen) atoms. The molecule has 4 heterocycles. The fourth-order valence-electron chi connectivity index (χ4n) is 5.61. The first-order chi connectivity index (χ1) is 17.9. The molecule has 2 saturated heterocycles. The molecule has 3 aliphatic rings. The first-order valence-electron chi connectivity index (χ1n) is 11.8. The predicted octanol–water partition coefficient (Wildman–Crippen LogP) is 1.35. The van der Waals surface area contributed by atoms with E-state index in [4.69, 9.17) is 9.84 Å². The molecule has 2 amide bonds. The Bertz CT molecular complexity index is 1390. The molecule has 6 rings (SSSR count). The second kappa shape index (κ2) is 8.63. The van der Waals surface area contributed by atoms with Gasteiger partial charge in [-0.1, -0.05) is 11.3 Å². The maximum atomic E-state index is 15.1. The number of aliphatic hydroxyl groups is 1. The highest BCUT2D eigenvalue weighted by Crippen LogP contribution is 2.62. The Balaban J connectivity index is 1.16. The van der Waals surface area contributed by atoms with Crippen LogP contribution in [0.15, 0.2) is 48.9 Å². The molecule has 3 fully saturated rings. The largest absolute Gasteiger partial charge is 0.442 e. The monoisotopic (exact) mass is 503 g/mol. The van der Waals surface area contributed by atoms with Gasteiger partial charge in [0.05, 0.1) is 36.7 Å². The van der Waals surface area contributed by atoms with Crippen molar-refractivity contribution in [1.82, 2.24) is 24.9 Å². The van der Waals surface area contributed by atoms with Gasteiger partial charge in [0.25, 0.3) is 0 Å². The molecule has 188 valence electrons. The van der Waals surface area contributed by atoms with E-state index in [1.54, 1.807) is 40.0 Å². The standard InChI is InChI=1S/C25H22FN7O4/c26-21-7-16(33-10-17(37-24(33)36)9-32-6-5-29-30-32)2-3-18(21)15-1-4-22(28-8-15)25(14-27)19-11-31(12-20(19)25)23(35)13-34/h1-8,17,19-20,34H,9-13H2/t17-,19+,20?,25?/m0/s1. The average Bonchev–Trinajstić information content (AvgIpc) is 3.41. The summed E-state index contributed by atoms with van der Waals surface area (Å²) in [6.45, 7) is 0.889. The minimum Gasteiger partial charge on any atom is -0.442 e. The number of aliphatic hydroxyl groups excluding tert-OH is 1. The van der Waals surface area contributed by atoms with Crippen LogP contribution in [0.2, 0.25) is 0 Å². The Hall–Kier alpha value is -4.37. The number of hydrogen-bond acceptors (Lipinski definition) is 8. The molecule has 1 saturated carbocycles. The summed E-state index contributed by atoms with van der Waals surface area (Å²) in [6.07, 6.45) is 3.76. The van der Waals surface area contributed by atoms with Gasteiger partial charge in [0, 0.05) is 48.4 Å². The third-order valence-corrected chi connectivity index (χ3v) is 7.55. The van der Waals surface area contributed by atoms with Crippen LogP contribution in [0.3, 0.4) is 0 Å². The van der Waals surface area contributed by atoms with Gasteiger partial charge in [0.1, 0.15) is 23.9 Å². The van der Waals surface area contributed by atoms with Crippen LogP contribution in [0.25, 0.3) is 11.1 Å². The highest BCUT2D eigenvalue weighted by Gasteiger charge is 2.71. The van der Waals surface area contributed by atoms with Gasteiger partial charge < -0.3 is 14.7 Å². The molecule has 0 radical (unpaired) electrons. The zero-order valence-electron chi connectivity index (χ0n) is 19.6. The number of amides is 2. The number of halogens is 1. The van der Waals surface area contributed by atoms with E-state index in [1.165, 1.54) is 23.4 Å². The van der Waals surface area contributed by atoms with Crippen molar-refractivity contribution in [3.8, 4) is 17.2 Å². The van der Waals surface area contributed by atoms with E-state index in [9.17, 15) is 14.9 Å². The molecule has 4 atom stereocenters. The Labute approximate surface area is 210 Å².